The molecule has 0 bridgehead atoms. The average Bonchev–Trinajstić information content (AvgIpc) is 3.28. The van der Waals surface area contributed by atoms with Crippen LogP contribution < -0.4 is 10.1 Å². The van der Waals surface area contributed by atoms with E-state index in [2.05, 4.69) is 15.2 Å². The van der Waals surface area contributed by atoms with Crippen molar-refractivity contribution in [2.24, 2.45) is 0 Å². The largest absolute Gasteiger partial charge is 0.493 e. The molecule has 1 fully saturated rings. The number of unbranched alkanes of at least 4 members (excludes halogenated alkanes) is 2. The second-order valence-electron chi connectivity index (χ2n) is 7.21. The van der Waals surface area contributed by atoms with Crippen molar-refractivity contribution in [2.45, 2.75) is 51.4 Å². The molecule has 0 saturated carbocycles. The number of benzene rings is 1. The fraction of sp³-hybridized carbons (Fsp3) is 0.550. The highest BCUT2D eigenvalue weighted by atomic mass is 32.1. The Morgan fingerprint density at radius 3 is 2.86 bits per heavy atom. The zero-order chi connectivity index (χ0) is 20.9. The molecule has 3 rings (SSSR count). The van der Waals surface area contributed by atoms with E-state index < -0.39 is 11.7 Å². The fourth-order valence-corrected chi connectivity index (χ4v) is 3.96. The summed E-state index contributed by atoms with van der Waals surface area (Å²) >= 11 is 1.34. The van der Waals surface area contributed by atoms with E-state index in [0.29, 0.717) is 23.9 Å². The van der Waals surface area contributed by atoms with Crippen molar-refractivity contribution in [1.82, 2.24) is 9.88 Å². The van der Waals surface area contributed by atoms with Crippen LogP contribution in [0, 0.1) is 0 Å². The van der Waals surface area contributed by atoms with Gasteiger partial charge < -0.3 is 15.2 Å². The Kier molecular flexibility index (Phi) is 7.37. The van der Waals surface area contributed by atoms with Gasteiger partial charge in [-0.3, -0.25) is 4.90 Å². The standard InChI is InChI=1S/C20H26F3N3O2S/c1-2-3-4-9-28-18-6-5-14(10-17(18)20(21,22)23)24-19-25-15(13-29-19)11-26-8-7-16(27)12-26/h5-6,10,13,16,27H,2-4,7-9,11-12H2,1H3,(H,24,25). The molecule has 2 heterocycles. The molecule has 0 radical (unpaired) electrons. The third-order valence-corrected chi connectivity index (χ3v) is 5.53. The summed E-state index contributed by atoms with van der Waals surface area (Å²) in [5.41, 5.74) is 0.357. The van der Waals surface area contributed by atoms with Crippen LogP contribution in [-0.4, -0.2) is 40.8 Å². The number of rotatable bonds is 9. The highest BCUT2D eigenvalue weighted by Gasteiger charge is 2.34. The number of nitrogens with one attached hydrogen (secondary N) is 1. The van der Waals surface area contributed by atoms with E-state index in [1.165, 1.54) is 17.4 Å². The normalized spacial score (nSPS) is 17.6. The van der Waals surface area contributed by atoms with Crippen LogP contribution in [0.5, 0.6) is 5.75 Å². The lowest BCUT2D eigenvalue weighted by Crippen LogP contribution is -2.21. The Labute approximate surface area is 172 Å². The Bertz CT molecular complexity index is 798. The van der Waals surface area contributed by atoms with Crippen molar-refractivity contribution in [2.75, 3.05) is 25.0 Å². The van der Waals surface area contributed by atoms with Gasteiger partial charge in [0.15, 0.2) is 5.13 Å². The van der Waals surface area contributed by atoms with Crippen LogP contribution in [0.4, 0.5) is 24.0 Å². The third kappa shape index (κ3) is 6.32. The lowest BCUT2D eigenvalue weighted by atomic mass is 10.1. The highest BCUT2D eigenvalue weighted by molar-refractivity contribution is 7.13. The summed E-state index contributed by atoms with van der Waals surface area (Å²) in [5.74, 6) is -0.147. The molecule has 29 heavy (non-hydrogen) atoms. The predicted octanol–water partition coefficient (Wildman–Crippen LogP) is 5.04. The van der Waals surface area contributed by atoms with Crippen LogP contribution in [0.3, 0.4) is 0 Å². The number of aliphatic hydroxyl groups excluding tert-OH is 1. The molecule has 1 aliphatic heterocycles. The quantitative estimate of drug-likeness (QED) is 0.547. The Morgan fingerprint density at radius 1 is 1.34 bits per heavy atom. The maximum Gasteiger partial charge on any atom is 0.420 e. The van der Waals surface area contributed by atoms with Gasteiger partial charge in [-0.1, -0.05) is 19.8 Å². The first-order valence-electron chi connectivity index (χ1n) is 9.81. The Morgan fingerprint density at radius 2 is 2.17 bits per heavy atom. The average molecular weight is 430 g/mol. The molecule has 1 aromatic carbocycles. The number of ether oxygens (including phenoxy) is 1. The van der Waals surface area contributed by atoms with Crippen LogP contribution in [0.25, 0.3) is 0 Å². The van der Waals surface area contributed by atoms with Crippen molar-refractivity contribution in [3.8, 4) is 5.75 Å². The van der Waals surface area contributed by atoms with Crippen LogP contribution in [0.1, 0.15) is 43.9 Å². The number of β-amino-alcohol motifs (C(OH)–C–C–N with tert-alkyl or cyclic N) is 1. The van der Waals surface area contributed by atoms with E-state index in [1.54, 1.807) is 6.07 Å². The summed E-state index contributed by atoms with van der Waals surface area (Å²) in [6.07, 6.45) is -1.42. The summed E-state index contributed by atoms with van der Waals surface area (Å²) in [7, 11) is 0. The summed E-state index contributed by atoms with van der Waals surface area (Å²) in [5, 5.41) is 15.0. The minimum absolute atomic E-state index is 0.147. The summed E-state index contributed by atoms with van der Waals surface area (Å²) < 4.78 is 45.7. The van der Waals surface area contributed by atoms with Crippen LogP contribution in [0.15, 0.2) is 23.6 Å². The molecule has 2 aromatic rings. The highest BCUT2D eigenvalue weighted by Crippen LogP contribution is 2.38. The maximum atomic E-state index is 13.5. The van der Waals surface area contributed by atoms with Gasteiger partial charge in [-0.05, 0) is 31.0 Å². The Balaban J connectivity index is 1.66. The number of thiazole rings is 1. The molecule has 0 aliphatic carbocycles. The first-order chi connectivity index (χ1) is 13.8. The van der Waals surface area contributed by atoms with Crippen LogP contribution in [-0.2, 0) is 12.7 Å². The van der Waals surface area contributed by atoms with Gasteiger partial charge in [0.25, 0.3) is 0 Å². The van der Waals surface area contributed by atoms with E-state index in [9.17, 15) is 18.3 Å². The van der Waals surface area contributed by atoms with Gasteiger partial charge in [0, 0.05) is 30.7 Å². The molecule has 1 aliphatic rings. The van der Waals surface area contributed by atoms with E-state index >= 15 is 0 Å². The second kappa shape index (κ2) is 9.77. The number of hydrogen-bond donors (Lipinski definition) is 2. The molecule has 1 atom stereocenters. The molecular weight excluding hydrogens is 403 g/mol. The van der Waals surface area contributed by atoms with Crippen molar-refractivity contribution in [3.05, 3.63) is 34.8 Å². The Hall–Kier alpha value is -1.84. The number of nitrogens with zero attached hydrogens (tertiary/aromatic N) is 2. The SMILES string of the molecule is CCCCCOc1ccc(Nc2nc(CN3CCC(O)C3)cs2)cc1C(F)(F)F. The van der Waals surface area contributed by atoms with Crippen LogP contribution >= 0.6 is 11.3 Å². The zero-order valence-electron chi connectivity index (χ0n) is 16.3. The van der Waals surface area contributed by atoms with Crippen LogP contribution in [0.2, 0.25) is 0 Å². The molecule has 1 saturated heterocycles. The second-order valence-corrected chi connectivity index (χ2v) is 8.07. The number of hydrogen-bond acceptors (Lipinski definition) is 6. The minimum Gasteiger partial charge on any atom is -0.493 e. The van der Waals surface area contributed by atoms with Crippen molar-refractivity contribution in [1.29, 1.82) is 0 Å². The molecule has 5 nitrogen and oxygen atoms in total. The first-order valence-corrected chi connectivity index (χ1v) is 10.7. The molecule has 2 N–H and O–H groups in total. The predicted molar refractivity (Wildman–Crippen MR) is 108 cm³/mol. The lowest BCUT2D eigenvalue weighted by Gasteiger charge is -2.15. The molecule has 1 aromatic heterocycles. The van der Waals surface area contributed by atoms with Gasteiger partial charge in [-0.15, -0.1) is 11.3 Å². The summed E-state index contributed by atoms with van der Waals surface area (Å²) in [4.78, 5) is 6.56. The van der Waals surface area contributed by atoms with Crippen molar-refractivity contribution in [3.63, 3.8) is 0 Å². The van der Waals surface area contributed by atoms with E-state index in [0.717, 1.165) is 44.0 Å². The molecule has 9 heteroatoms. The van der Waals surface area contributed by atoms with Gasteiger partial charge in [0.1, 0.15) is 5.75 Å². The van der Waals surface area contributed by atoms with E-state index in [4.69, 9.17) is 4.74 Å². The number of aliphatic hydroxyl groups is 1. The number of aromatic nitrogens is 1. The lowest BCUT2D eigenvalue weighted by molar-refractivity contribution is -0.138. The molecule has 0 amide bonds. The van der Waals surface area contributed by atoms with E-state index in [1.807, 2.05) is 12.3 Å². The summed E-state index contributed by atoms with van der Waals surface area (Å²) in [6, 6.07) is 3.99. The zero-order valence-corrected chi connectivity index (χ0v) is 17.2. The minimum atomic E-state index is -4.50. The number of alkyl halides is 3. The fourth-order valence-electron chi connectivity index (χ4n) is 3.23. The monoisotopic (exact) mass is 429 g/mol. The molecule has 160 valence electrons. The van der Waals surface area contributed by atoms with Crippen molar-refractivity contribution >= 4 is 22.2 Å². The maximum absolute atomic E-state index is 13.5. The third-order valence-electron chi connectivity index (χ3n) is 4.73. The molecule has 0 spiro atoms. The molecule has 1 unspecified atom stereocenters. The van der Waals surface area contributed by atoms with Gasteiger partial charge in [-0.25, -0.2) is 4.98 Å². The van der Waals surface area contributed by atoms with Gasteiger partial charge >= 0.3 is 6.18 Å². The van der Waals surface area contributed by atoms with E-state index in [-0.39, 0.29) is 18.5 Å². The van der Waals surface area contributed by atoms with Gasteiger partial charge in [0.2, 0.25) is 0 Å². The topological polar surface area (TPSA) is 57.6 Å². The number of anilines is 2. The number of likely N-dealkylation sites (tertiary alicyclic amines) is 1. The molecular formula is C20H26F3N3O2S. The number of halogens is 3. The smallest absolute Gasteiger partial charge is 0.420 e. The van der Waals surface area contributed by atoms with Gasteiger partial charge in [-0.2, -0.15) is 13.2 Å². The van der Waals surface area contributed by atoms with Gasteiger partial charge in [0.05, 0.1) is 24.0 Å². The summed E-state index contributed by atoms with van der Waals surface area (Å²) in [6.45, 7) is 4.35. The first kappa shape index (κ1) is 21.9. The van der Waals surface area contributed by atoms with Crippen molar-refractivity contribution < 1.29 is 23.0 Å².